The second-order valence-electron chi connectivity index (χ2n) is 3.89. The first-order valence-corrected chi connectivity index (χ1v) is 5.54. The molecule has 17 heavy (non-hydrogen) atoms. The van der Waals surface area contributed by atoms with Crippen molar-refractivity contribution in [3.8, 4) is 0 Å². The standard InChI is InChI=1S/C13H15NO3/c15-9-12-8-14(13(10-16)17-12)7-6-11-4-2-1-3-5-11/h1-7,10,12-13,15H,8-9H2/t12-,13+/m0/s1. The van der Waals surface area contributed by atoms with Crippen LogP contribution in [0.2, 0.25) is 0 Å². The van der Waals surface area contributed by atoms with Crippen molar-refractivity contribution in [2.45, 2.75) is 12.3 Å². The molecule has 1 saturated heterocycles. The number of hydrogen-bond acceptors (Lipinski definition) is 4. The molecule has 0 aliphatic carbocycles. The van der Waals surface area contributed by atoms with Crippen LogP contribution in [0.4, 0.5) is 0 Å². The van der Waals surface area contributed by atoms with E-state index in [0.717, 1.165) is 11.8 Å². The van der Waals surface area contributed by atoms with Gasteiger partial charge in [-0.15, -0.1) is 0 Å². The molecule has 0 saturated carbocycles. The first-order valence-electron chi connectivity index (χ1n) is 5.54. The molecule has 1 heterocycles. The van der Waals surface area contributed by atoms with E-state index in [1.165, 1.54) is 0 Å². The number of aliphatic hydroxyl groups excluding tert-OH is 1. The third kappa shape index (κ3) is 2.93. The lowest BCUT2D eigenvalue weighted by atomic mass is 10.2. The van der Waals surface area contributed by atoms with Crippen molar-refractivity contribution in [1.29, 1.82) is 0 Å². The summed E-state index contributed by atoms with van der Waals surface area (Å²) in [7, 11) is 0. The van der Waals surface area contributed by atoms with Gasteiger partial charge in [-0.2, -0.15) is 0 Å². The fraction of sp³-hybridized carbons (Fsp3) is 0.308. The molecule has 90 valence electrons. The molecular formula is C13H15NO3. The van der Waals surface area contributed by atoms with Crippen LogP contribution in [-0.2, 0) is 9.53 Å². The van der Waals surface area contributed by atoms with E-state index in [4.69, 9.17) is 9.84 Å². The number of benzene rings is 1. The molecule has 1 aromatic carbocycles. The molecule has 1 fully saturated rings. The Balaban J connectivity index is 2.03. The molecule has 1 aliphatic rings. The first-order chi connectivity index (χ1) is 8.33. The first kappa shape index (κ1) is 11.8. The molecular weight excluding hydrogens is 218 g/mol. The zero-order valence-corrected chi connectivity index (χ0v) is 9.40. The van der Waals surface area contributed by atoms with Gasteiger partial charge in [-0.05, 0) is 11.6 Å². The zero-order chi connectivity index (χ0) is 12.1. The lowest BCUT2D eigenvalue weighted by Crippen LogP contribution is -2.26. The molecule has 0 spiro atoms. The largest absolute Gasteiger partial charge is 0.394 e. The predicted octanol–water partition coefficient (Wildman–Crippen LogP) is 0.875. The predicted molar refractivity (Wildman–Crippen MR) is 64.0 cm³/mol. The summed E-state index contributed by atoms with van der Waals surface area (Å²) >= 11 is 0. The van der Waals surface area contributed by atoms with Crippen molar-refractivity contribution in [3.05, 3.63) is 42.1 Å². The highest BCUT2D eigenvalue weighted by molar-refractivity contribution is 5.57. The maximum atomic E-state index is 10.8. The molecule has 1 aliphatic heterocycles. The number of carbonyl (C=O) groups is 1. The lowest BCUT2D eigenvalue weighted by molar-refractivity contribution is -0.122. The maximum Gasteiger partial charge on any atom is 0.186 e. The molecule has 0 bridgehead atoms. The second kappa shape index (κ2) is 5.61. The molecule has 2 atom stereocenters. The van der Waals surface area contributed by atoms with Crippen LogP contribution in [0, 0.1) is 0 Å². The third-order valence-electron chi connectivity index (χ3n) is 2.65. The number of nitrogens with zero attached hydrogens (tertiary/aromatic N) is 1. The number of hydrogen-bond donors (Lipinski definition) is 1. The van der Waals surface area contributed by atoms with Crippen LogP contribution < -0.4 is 0 Å². The Morgan fingerprint density at radius 2 is 2.18 bits per heavy atom. The summed E-state index contributed by atoms with van der Waals surface area (Å²) in [5, 5.41) is 8.99. The van der Waals surface area contributed by atoms with E-state index in [9.17, 15) is 4.79 Å². The van der Waals surface area contributed by atoms with Crippen LogP contribution in [0.5, 0.6) is 0 Å². The van der Waals surface area contributed by atoms with Gasteiger partial charge in [-0.3, -0.25) is 4.79 Å². The minimum atomic E-state index is -0.591. The van der Waals surface area contributed by atoms with Crippen molar-refractivity contribution >= 4 is 12.4 Å². The summed E-state index contributed by atoms with van der Waals surface area (Å²) in [4.78, 5) is 12.6. The third-order valence-corrected chi connectivity index (χ3v) is 2.65. The number of aldehydes is 1. The Kier molecular flexibility index (Phi) is 3.90. The Bertz CT molecular complexity index is 391. The van der Waals surface area contributed by atoms with Gasteiger partial charge in [0.15, 0.2) is 12.5 Å². The van der Waals surface area contributed by atoms with Gasteiger partial charge in [0.05, 0.1) is 6.61 Å². The zero-order valence-electron chi connectivity index (χ0n) is 9.40. The summed E-state index contributed by atoms with van der Waals surface area (Å²) in [5.74, 6) is 0. The highest BCUT2D eigenvalue weighted by Gasteiger charge is 2.29. The Labute approximate surface area is 100 Å². The van der Waals surface area contributed by atoms with E-state index in [1.807, 2.05) is 42.6 Å². The van der Waals surface area contributed by atoms with E-state index in [0.29, 0.717) is 6.54 Å². The van der Waals surface area contributed by atoms with Crippen LogP contribution in [0.1, 0.15) is 5.56 Å². The highest BCUT2D eigenvalue weighted by atomic mass is 16.5. The van der Waals surface area contributed by atoms with Gasteiger partial charge < -0.3 is 14.7 Å². The Morgan fingerprint density at radius 3 is 2.82 bits per heavy atom. The molecule has 1 aromatic rings. The van der Waals surface area contributed by atoms with Crippen molar-refractivity contribution in [2.24, 2.45) is 0 Å². The monoisotopic (exact) mass is 233 g/mol. The van der Waals surface area contributed by atoms with Crippen LogP contribution in [0.15, 0.2) is 36.5 Å². The average Bonchev–Trinajstić information content (AvgIpc) is 2.80. The maximum absolute atomic E-state index is 10.8. The summed E-state index contributed by atoms with van der Waals surface area (Å²) in [5.41, 5.74) is 1.06. The van der Waals surface area contributed by atoms with E-state index >= 15 is 0 Å². The average molecular weight is 233 g/mol. The molecule has 2 rings (SSSR count). The van der Waals surface area contributed by atoms with Crippen molar-refractivity contribution in [1.82, 2.24) is 4.90 Å². The van der Waals surface area contributed by atoms with Crippen LogP contribution in [-0.4, -0.2) is 41.8 Å². The SMILES string of the molecule is O=C[C@H]1O[C@H](CO)CN1C=Cc1ccccc1. The summed E-state index contributed by atoms with van der Waals surface area (Å²) < 4.78 is 5.32. The lowest BCUT2D eigenvalue weighted by Gasteiger charge is -2.14. The molecule has 4 heteroatoms. The Hall–Kier alpha value is -1.65. The molecule has 4 nitrogen and oxygen atoms in total. The molecule has 1 N–H and O–H groups in total. The topological polar surface area (TPSA) is 49.8 Å². The molecule has 0 aromatic heterocycles. The minimum absolute atomic E-state index is 0.0694. The van der Waals surface area contributed by atoms with Gasteiger partial charge >= 0.3 is 0 Å². The van der Waals surface area contributed by atoms with Gasteiger partial charge in [-0.1, -0.05) is 30.3 Å². The molecule has 0 unspecified atom stereocenters. The number of aliphatic hydroxyl groups is 1. The van der Waals surface area contributed by atoms with Crippen molar-refractivity contribution in [2.75, 3.05) is 13.2 Å². The van der Waals surface area contributed by atoms with Gasteiger partial charge in [0.25, 0.3) is 0 Å². The fourth-order valence-corrected chi connectivity index (χ4v) is 1.76. The van der Waals surface area contributed by atoms with Gasteiger partial charge in [0.1, 0.15) is 6.10 Å². The quantitative estimate of drug-likeness (QED) is 0.784. The van der Waals surface area contributed by atoms with Crippen LogP contribution >= 0.6 is 0 Å². The van der Waals surface area contributed by atoms with E-state index in [-0.39, 0.29) is 12.7 Å². The van der Waals surface area contributed by atoms with Crippen LogP contribution in [0.25, 0.3) is 6.08 Å². The summed E-state index contributed by atoms with van der Waals surface area (Å²) in [6.07, 6.45) is 3.60. The smallest absolute Gasteiger partial charge is 0.186 e. The second-order valence-corrected chi connectivity index (χ2v) is 3.89. The van der Waals surface area contributed by atoms with Gasteiger partial charge in [-0.25, -0.2) is 0 Å². The number of carbonyl (C=O) groups excluding carboxylic acids is 1. The van der Waals surface area contributed by atoms with Gasteiger partial charge in [0, 0.05) is 12.7 Å². The fourth-order valence-electron chi connectivity index (χ4n) is 1.76. The van der Waals surface area contributed by atoms with Crippen LogP contribution in [0.3, 0.4) is 0 Å². The van der Waals surface area contributed by atoms with Crippen molar-refractivity contribution < 1.29 is 14.6 Å². The summed E-state index contributed by atoms with van der Waals surface area (Å²) in [6.45, 7) is 0.462. The molecule has 0 radical (unpaired) electrons. The normalized spacial score (nSPS) is 24.4. The van der Waals surface area contributed by atoms with Crippen molar-refractivity contribution in [3.63, 3.8) is 0 Å². The Morgan fingerprint density at radius 1 is 1.41 bits per heavy atom. The summed E-state index contributed by atoms with van der Waals surface area (Å²) in [6, 6.07) is 9.81. The van der Waals surface area contributed by atoms with Gasteiger partial charge in [0.2, 0.25) is 0 Å². The van der Waals surface area contributed by atoms with E-state index in [1.54, 1.807) is 4.90 Å². The number of ether oxygens (including phenoxy) is 1. The van der Waals surface area contributed by atoms with E-state index < -0.39 is 6.23 Å². The number of rotatable bonds is 4. The van der Waals surface area contributed by atoms with E-state index in [2.05, 4.69) is 0 Å². The highest BCUT2D eigenvalue weighted by Crippen LogP contribution is 2.15. The minimum Gasteiger partial charge on any atom is -0.394 e. The molecule has 0 amide bonds.